The van der Waals surface area contributed by atoms with Gasteiger partial charge in [0.05, 0.1) is 18.9 Å². The number of aliphatic hydroxyl groups excluding tert-OH is 1. The Balaban J connectivity index is 0.000000345. The van der Waals surface area contributed by atoms with Crippen LogP contribution >= 0.6 is 0 Å². The van der Waals surface area contributed by atoms with Crippen LogP contribution in [0, 0.1) is 0 Å². The molecule has 28 heavy (non-hydrogen) atoms. The number of aromatic nitrogens is 2. The number of likely N-dealkylation sites (tertiary alicyclic amines) is 1. The third kappa shape index (κ3) is 6.54. The fourth-order valence-corrected chi connectivity index (χ4v) is 2.77. The minimum atomic E-state index is -5.08. The SMILES string of the molecule is COc1ccc(-c2cc(CN3CCCC(O)C3)[nH]n2)cc1.O=C(O)C(F)(F)F. The van der Waals surface area contributed by atoms with Crippen LogP contribution in [0.15, 0.2) is 30.3 Å². The van der Waals surface area contributed by atoms with Gasteiger partial charge in [-0.15, -0.1) is 0 Å². The number of carboxylic acid groups (broad SMARTS) is 1. The molecule has 1 aromatic carbocycles. The number of carbonyl (C=O) groups is 1. The molecule has 2 aromatic rings. The van der Waals surface area contributed by atoms with Crippen molar-refractivity contribution in [3.8, 4) is 17.0 Å². The first kappa shape index (κ1) is 21.7. The number of piperidine rings is 1. The first-order valence-corrected chi connectivity index (χ1v) is 8.58. The highest BCUT2D eigenvalue weighted by Crippen LogP contribution is 2.22. The van der Waals surface area contributed by atoms with E-state index in [1.807, 2.05) is 24.3 Å². The fraction of sp³-hybridized carbons (Fsp3) is 0.444. The largest absolute Gasteiger partial charge is 0.497 e. The summed E-state index contributed by atoms with van der Waals surface area (Å²) in [6, 6.07) is 9.95. The summed E-state index contributed by atoms with van der Waals surface area (Å²) in [5, 5.41) is 24.3. The Labute approximate surface area is 159 Å². The number of β-amino-alcohol motifs (C(OH)–C–C–N with tert-alkyl or cyclic N) is 1. The number of carboxylic acids is 1. The Morgan fingerprint density at radius 2 is 2.00 bits per heavy atom. The van der Waals surface area contributed by atoms with Gasteiger partial charge in [0.2, 0.25) is 0 Å². The maximum atomic E-state index is 10.6. The number of aliphatic carboxylic acids is 1. The zero-order valence-corrected chi connectivity index (χ0v) is 15.2. The monoisotopic (exact) mass is 401 g/mol. The lowest BCUT2D eigenvalue weighted by atomic mass is 10.1. The number of ether oxygens (including phenoxy) is 1. The number of hydrogen-bond donors (Lipinski definition) is 3. The van der Waals surface area contributed by atoms with Crippen molar-refractivity contribution < 1.29 is 32.9 Å². The number of alkyl halides is 3. The number of H-pyrrole nitrogens is 1. The molecule has 2 heterocycles. The lowest BCUT2D eigenvalue weighted by Crippen LogP contribution is -2.37. The molecular weight excluding hydrogens is 379 g/mol. The summed E-state index contributed by atoms with van der Waals surface area (Å²) in [5.74, 6) is -1.91. The average Bonchev–Trinajstić information content (AvgIpc) is 3.10. The van der Waals surface area contributed by atoms with E-state index < -0.39 is 12.1 Å². The van der Waals surface area contributed by atoms with Crippen LogP contribution in [0.4, 0.5) is 13.2 Å². The molecule has 1 aliphatic heterocycles. The Bertz CT molecular complexity index is 762. The fourth-order valence-electron chi connectivity index (χ4n) is 2.77. The maximum Gasteiger partial charge on any atom is 0.490 e. The number of halogens is 3. The summed E-state index contributed by atoms with van der Waals surface area (Å²) in [4.78, 5) is 11.2. The molecule has 10 heteroatoms. The zero-order valence-electron chi connectivity index (χ0n) is 15.2. The molecule has 0 amide bonds. The van der Waals surface area contributed by atoms with Crippen molar-refractivity contribution >= 4 is 5.97 Å². The number of aromatic amines is 1. The van der Waals surface area contributed by atoms with E-state index in [1.165, 1.54) is 0 Å². The lowest BCUT2D eigenvalue weighted by Gasteiger charge is -2.29. The predicted octanol–water partition coefficient (Wildman–Crippen LogP) is 2.68. The molecule has 1 aliphatic rings. The smallest absolute Gasteiger partial charge is 0.490 e. The van der Waals surface area contributed by atoms with E-state index in [4.69, 9.17) is 14.6 Å². The number of nitrogens with one attached hydrogen (secondary N) is 1. The number of nitrogens with zero attached hydrogens (tertiary/aromatic N) is 2. The molecule has 0 bridgehead atoms. The van der Waals surface area contributed by atoms with E-state index in [0.717, 1.165) is 55.2 Å². The molecule has 0 radical (unpaired) electrons. The van der Waals surface area contributed by atoms with Gasteiger partial charge in [0.25, 0.3) is 0 Å². The third-order valence-electron chi connectivity index (χ3n) is 4.13. The quantitative estimate of drug-likeness (QED) is 0.729. The van der Waals surface area contributed by atoms with Crippen LogP contribution in [0.3, 0.4) is 0 Å². The van der Waals surface area contributed by atoms with E-state index in [1.54, 1.807) is 7.11 Å². The minimum Gasteiger partial charge on any atom is -0.497 e. The topological polar surface area (TPSA) is 98.7 Å². The molecule has 3 N–H and O–H groups in total. The Morgan fingerprint density at radius 3 is 2.54 bits per heavy atom. The summed E-state index contributed by atoms with van der Waals surface area (Å²) in [6.07, 6.45) is -3.31. The summed E-state index contributed by atoms with van der Waals surface area (Å²) < 4.78 is 36.9. The van der Waals surface area contributed by atoms with Crippen LogP contribution in [0.1, 0.15) is 18.5 Å². The second-order valence-corrected chi connectivity index (χ2v) is 6.34. The van der Waals surface area contributed by atoms with Gasteiger partial charge < -0.3 is 14.9 Å². The third-order valence-corrected chi connectivity index (χ3v) is 4.13. The van der Waals surface area contributed by atoms with Crippen LogP contribution in [0.2, 0.25) is 0 Å². The lowest BCUT2D eigenvalue weighted by molar-refractivity contribution is -0.192. The van der Waals surface area contributed by atoms with Gasteiger partial charge in [0.15, 0.2) is 0 Å². The molecule has 0 spiro atoms. The van der Waals surface area contributed by atoms with Gasteiger partial charge in [-0.25, -0.2) is 4.79 Å². The molecule has 1 saturated heterocycles. The molecule has 7 nitrogen and oxygen atoms in total. The van der Waals surface area contributed by atoms with Gasteiger partial charge in [-0.05, 0) is 49.7 Å². The highest BCUT2D eigenvalue weighted by molar-refractivity contribution is 5.73. The number of aliphatic hydroxyl groups is 1. The van der Waals surface area contributed by atoms with Crippen molar-refractivity contribution in [3.63, 3.8) is 0 Å². The van der Waals surface area contributed by atoms with E-state index in [9.17, 15) is 18.3 Å². The Kier molecular flexibility index (Phi) is 7.41. The number of benzene rings is 1. The van der Waals surface area contributed by atoms with Crippen molar-refractivity contribution in [2.75, 3.05) is 20.2 Å². The number of hydrogen-bond acceptors (Lipinski definition) is 5. The van der Waals surface area contributed by atoms with Crippen molar-refractivity contribution in [1.82, 2.24) is 15.1 Å². The first-order valence-electron chi connectivity index (χ1n) is 8.58. The summed E-state index contributed by atoms with van der Waals surface area (Å²) >= 11 is 0. The normalized spacial score (nSPS) is 17.5. The van der Waals surface area contributed by atoms with E-state index in [0.29, 0.717) is 0 Å². The minimum absolute atomic E-state index is 0.192. The molecule has 154 valence electrons. The molecule has 0 saturated carbocycles. The highest BCUT2D eigenvalue weighted by Gasteiger charge is 2.38. The van der Waals surface area contributed by atoms with Crippen LogP contribution in [-0.4, -0.2) is 63.8 Å². The zero-order chi connectivity index (χ0) is 20.7. The van der Waals surface area contributed by atoms with Crippen LogP contribution in [0.5, 0.6) is 5.75 Å². The van der Waals surface area contributed by atoms with E-state index >= 15 is 0 Å². The van der Waals surface area contributed by atoms with Crippen molar-refractivity contribution in [2.45, 2.75) is 31.7 Å². The molecule has 3 rings (SSSR count). The van der Waals surface area contributed by atoms with Gasteiger partial charge in [-0.3, -0.25) is 10.00 Å². The number of methoxy groups -OCH3 is 1. The number of rotatable bonds is 4. The Morgan fingerprint density at radius 1 is 1.36 bits per heavy atom. The summed E-state index contributed by atoms with van der Waals surface area (Å²) in [5.41, 5.74) is 3.08. The average molecular weight is 401 g/mol. The van der Waals surface area contributed by atoms with Crippen LogP contribution < -0.4 is 4.74 Å². The predicted molar refractivity (Wildman–Crippen MR) is 94.8 cm³/mol. The maximum absolute atomic E-state index is 10.6. The molecule has 0 aliphatic carbocycles. The van der Waals surface area contributed by atoms with Crippen LogP contribution in [0.25, 0.3) is 11.3 Å². The first-order chi connectivity index (χ1) is 13.2. The molecule has 1 aromatic heterocycles. The van der Waals surface area contributed by atoms with Crippen molar-refractivity contribution in [3.05, 3.63) is 36.0 Å². The van der Waals surface area contributed by atoms with Crippen molar-refractivity contribution in [1.29, 1.82) is 0 Å². The molecule has 1 unspecified atom stereocenters. The summed E-state index contributed by atoms with van der Waals surface area (Å²) in [6.45, 7) is 2.59. The summed E-state index contributed by atoms with van der Waals surface area (Å²) in [7, 11) is 1.66. The van der Waals surface area contributed by atoms with Crippen LogP contribution in [-0.2, 0) is 11.3 Å². The van der Waals surface area contributed by atoms with Gasteiger partial charge in [0.1, 0.15) is 5.75 Å². The highest BCUT2D eigenvalue weighted by atomic mass is 19.4. The van der Waals surface area contributed by atoms with Gasteiger partial charge in [-0.1, -0.05) is 0 Å². The second-order valence-electron chi connectivity index (χ2n) is 6.34. The second kappa shape index (κ2) is 9.56. The van der Waals surface area contributed by atoms with Gasteiger partial charge >= 0.3 is 12.1 Å². The van der Waals surface area contributed by atoms with E-state index in [-0.39, 0.29) is 6.10 Å². The molecule has 1 atom stereocenters. The van der Waals surface area contributed by atoms with Gasteiger partial charge in [0, 0.05) is 24.3 Å². The van der Waals surface area contributed by atoms with Gasteiger partial charge in [-0.2, -0.15) is 18.3 Å². The standard InChI is InChI=1S/C16H21N3O2.C2HF3O2/c1-21-15-6-4-12(5-7-15)16-9-13(17-18-16)10-19-8-2-3-14(20)11-19;3-2(4,5)1(6)7/h4-7,9,14,20H,2-3,8,10-11H2,1H3,(H,17,18);(H,6,7). The Hall–Kier alpha value is -2.59. The molecular formula is C18H22F3N3O4. The van der Waals surface area contributed by atoms with E-state index in [2.05, 4.69) is 21.2 Å². The molecule has 1 fully saturated rings. The van der Waals surface area contributed by atoms with Crippen molar-refractivity contribution in [2.24, 2.45) is 0 Å².